The molecule has 7 heteroatoms. The van der Waals surface area contributed by atoms with E-state index in [1.54, 1.807) is 44.3 Å². The molecule has 0 saturated heterocycles. The van der Waals surface area contributed by atoms with Crippen LogP contribution in [0, 0.1) is 12.8 Å². The van der Waals surface area contributed by atoms with Gasteiger partial charge in [-0.1, -0.05) is 51.6 Å². The van der Waals surface area contributed by atoms with Crippen LogP contribution in [-0.2, 0) is 11.2 Å². The van der Waals surface area contributed by atoms with E-state index in [-0.39, 0.29) is 12.3 Å². The number of aromatic nitrogens is 1. The molecule has 1 aromatic heterocycles. The van der Waals surface area contributed by atoms with Gasteiger partial charge in [-0.2, -0.15) is 13.2 Å². The van der Waals surface area contributed by atoms with Gasteiger partial charge in [-0.05, 0) is 74.1 Å². The molecule has 202 valence electrons. The van der Waals surface area contributed by atoms with Gasteiger partial charge in [0.1, 0.15) is 0 Å². The maximum atomic E-state index is 13.0. The lowest BCUT2D eigenvalue weighted by Gasteiger charge is -2.19. The van der Waals surface area contributed by atoms with Crippen LogP contribution in [0.4, 0.5) is 13.2 Å². The predicted molar refractivity (Wildman–Crippen MR) is 149 cm³/mol. The second kappa shape index (κ2) is 16.9. The Labute approximate surface area is 220 Å². The molecule has 2 aromatic rings. The molecule has 3 N–H and O–H groups in total. The largest absolute Gasteiger partial charge is 0.395 e. The van der Waals surface area contributed by atoms with E-state index < -0.39 is 12.1 Å². The minimum absolute atomic E-state index is 0.0535. The van der Waals surface area contributed by atoms with Crippen molar-refractivity contribution >= 4 is 5.91 Å². The minimum atomic E-state index is -4.20. The summed E-state index contributed by atoms with van der Waals surface area (Å²) in [7, 11) is 1.75. The molecule has 2 rings (SSSR count). The van der Waals surface area contributed by atoms with Crippen LogP contribution in [-0.4, -0.2) is 24.1 Å². The third-order valence-corrected chi connectivity index (χ3v) is 5.75. The number of terminal acetylenes is 1. The summed E-state index contributed by atoms with van der Waals surface area (Å²) < 4.78 is 39.0. The molecule has 1 heterocycles. The van der Waals surface area contributed by atoms with Gasteiger partial charge in [0, 0.05) is 24.1 Å². The van der Waals surface area contributed by atoms with Crippen LogP contribution in [0.3, 0.4) is 0 Å². The van der Waals surface area contributed by atoms with Crippen LogP contribution in [0.25, 0.3) is 11.3 Å². The SMILES string of the molecule is C#C.C=C/C(=C\C)NC(=O)/C(NC)=C(\C)CC.CCc1ccc(-c2cccc(C(CC)C(F)(F)F)c2)[nH]1. The molecule has 1 unspecified atom stereocenters. The third kappa shape index (κ3) is 10.5. The van der Waals surface area contributed by atoms with Crippen LogP contribution in [0.1, 0.15) is 64.6 Å². The van der Waals surface area contributed by atoms with Crippen molar-refractivity contribution in [2.45, 2.75) is 66.0 Å². The minimum Gasteiger partial charge on any atom is -0.384 e. The van der Waals surface area contributed by atoms with Crippen LogP contribution in [0.2, 0.25) is 0 Å². The Kier molecular flexibility index (Phi) is 15.2. The molecule has 1 atom stereocenters. The highest BCUT2D eigenvalue weighted by Crippen LogP contribution is 2.38. The lowest BCUT2D eigenvalue weighted by molar-refractivity contribution is -0.151. The van der Waals surface area contributed by atoms with Crippen molar-refractivity contribution in [3.8, 4) is 24.1 Å². The fourth-order valence-corrected chi connectivity index (χ4v) is 3.53. The predicted octanol–water partition coefficient (Wildman–Crippen LogP) is 7.65. The van der Waals surface area contributed by atoms with Gasteiger partial charge in [0.2, 0.25) is 0 Å². The number of rotatable bonds is 9. The molecule has 0 fully saturated rings. The van der Waals surface area contributed by atoms with Gasteiger partial charge in [0.15, 0.2) is 0 Å². The van der Waals surface area contributed by atoms with Crippen LogP contribution < -0.4 is 10.6 Å². The van der Waals surface area contributed by atoms with E-state index in [1.807, 2.05) is 45.9 Å². The van der Waals surface area contributed by atoms with Crippen molar-refractivity contribution in [3.05, 3.63) is 83.4 Å². The molecule has 1 aromatic carbocycles. The van der Waals surface area contributed by atoms with Crippen molar-refractivity contribution in [3.63, 3.8) is 0 Å². The zero-order valence-electron chi connectivity index (χ0n) is 22.7. The zero-order valence-corrected chi connectivity index (χ0v) is 22.7. The normalized spacial score (nSPS) is 12.6. The molecular weight excluding hydrogens is 475 g/mol. The van der Waals surface area contributed by atoms with Crippen LogP contribution in [0.15, 0.2) is 72.1 Å². The van der Waals surface area contributed by atoms with E-state index in [2.05, 4.69) is 35.0 Å². The quantitative estimate of drug-likeness (QED) is 0.183. The van der Waals surface area contributed by atoms with Gasteiger partial charge in [-0.3, -0.25) is 4.79 Å². The fraction of sp³-hybridized carbons (Fsp3) is 0.367. The first-order valence-corrected chi connectivity index (χ1v) is 12.2. The molecule has 0 radical (unpaired) electrons. The smallest absolute Gasteiger partial charge is 0.384 e. The third-order valence-electron chi connectivity index (χ3n) is 5.75. The van der Waals surface area contributed by atoms with E-state index in [4.69, 9.17) is 0 Å². The van der Waals surface area contributed by atoms with E-state index in [0.717, 1.165) is 41.1 Å². The first-order chi connectivity index (χ1) is 17.6. The number of aryl methyl sites for hydroxylation is 1. The van der Waals surface area contributed by atoms with Gasteiger partial charge >= 0.3 is 6.18 Å². The molecular formula is C30H40F3N3O. The average molecular weight is 516 g/mol. The lowest BCUT2D eigenvalue weighted by atomic mass is 9.94. The highest BCUT2D eigenvalue weighted by Gasteiger charge is 2.39. The Hall–Kier alpha value is -3.66. The number of likely N-dealkylation sites (N-methyl/N-ethyl adjacent to an activating group) is 1. The summed E-state index contributed by atoms with van der Waals surface area (Å²) in [5, 5.41) is 5.68. The van der Waals surface area contributed by atoms with E-state index in [9.17, 15) is 18.0 Å². The van der Waals surface area contributed by atoms with Gasteiger partial charge in [0.25, 0.3) is 5.91 Å². The molecule has 1 amide bonds. The number of H-pyrrole nitrogens is 1. The van der Waals surface area contributed by atoms with Gasteiger partial charge in [-0.15, -0.1) is 12.8 Å². The van der Waals surface area contributed by atoms with E-state index >= 15 is 0 Å². The molecule has 0 spiro atoms. The monoisotopic (exact) mass is 515 g/mol. The number of carbonyl (C=O) groups excluding carboxylic acids is 1. The first-order valence-electron chi connectivity index (χ1n) is 12.2. The summed E-state index contributed by atoms with van der Waals surface area (Å²) in [6, 6.07) is 10.6. The van der Waals surface area contributed by atoms with Gasteiger partial charge in [-0.25, -0.2) is 0 Å². The number of halogens is 3. The summed E-state index contributed by atoms with van der Waals surface area (Å²) >= 11 is 0. The Morgan fingerprint density at radius 2 is 1.81 bits per heavy atom. The first kappa shape index (κ1) is 33.3. The molecule has 4 nitrogen and oxygen atoms in total. The average Bonchev–Trinajstić information content (AvgIpc) is 3.38. The van der Waals surface area contributed by atoms with Crippen LogP contribution in [0.5, 0.6) is 0 Å². The highest BCUT2D eigenvalue weighted by atomic mass is 19.4. The van der Waals surface area contributed by atoms with Crippen LogP contribution >= 0.6 is 0 Å². The summed E-state index contributed by atoms with van der Waals surface area (Å²) in [5.74, 6) is -1.52. The number of allylic oxidation sites excluding steroid dienone is 3. The Balaban J connectivity index is 0.000000684. The maximum absolute atomic E-state index is 13.0. The molecule has 37 heavy (non-hydrogen) atoms. The Morgan fingerprint density at radius 3 is 2.24 bits per heavy atom. The molecule has 0 aliphatic rings. The maximum Gasteiger partial charge on any atom is 0.395 e. The standard InChI is InChI=1S/C16H18F3N.C12H20N2O.C2H2/c1-3-13-8-9-15(20-13)12-7-5-6-11(10-12)14(4-2)16(17,18)19;1-6-9(4)11(13-5)12(15)14-10(7-2)8-3;1-2/h5-10,14,20H,3-4H2,1-2H3;7-8,13H,2,6H2,1,3-5H3,(H,14,15);1-2H/b;10-8+,11-9-;. The number of amides is 1. The number of hydrogen-bond acceptors (Lipinski definition) is 2. The summed E-state index contributed by atoms with van der Waals surface area (Å²) in [5.41, 5.74) is 5.44. The number of alkyl halides is 3. The Morgan fingerprint density at radius 1 is 1.16 bits per heavy atom. The molecule has 0 bridgehead atoms. The number of nitrogens with one attached hydrogen (secondary N) is 3. The number of aromatic amines is 1. The second-order valence-corrected chi connectivity index (χ2v) is 8.04. The number of carbonyl (C=O) groups is 1. The van der Waals surface area contributed by atoms with Gasteiger partial charge < -0.3 is 15.6 Å². The van der Waals surface area contributed by atoms with Crippen molar-refractivity contribution in [1.82, 2.24) is 15.6 Å². The summed E-state index contributed by atoms with van der Waals surface area (Å²) in [6.07, 6.45) is 9.00. The topological polar surface area (TPSA) is 56.9 Å². The van der Waals surface area contributed by atoms with Crippen molar-refractivity contribution in [2.75, 3.05) is 7.05 Å². The second-order valence-electron chi connectivity index (χ2n) is 8.04. The molecule has 0 saturated carbocycles. The molecule has 0 aliphatic carbocycles. The van der Waals surface area contributed by atoms with Gasteiger partial charge in [0.05, 0.1) is 11.6 Å². The van der Waals surface area contributed by atoms with Crippen molar-refractivity contribution in [1.29, 1.82) is 0 Å². The summed E-state index contributed by atoms with van der Waals surface area (Å²) in [6.45, 7) is 13.0. The lowest BCUT2D eigenvalue weighted by Crippen LogP contribution is -2.30. The summed E-state index contributed by atoms with van der Waals surface area (Å²) in [4.78, 5) is 15.0. The van der Waals surface area contributed by atoms with Crippen molar-refractivity contribution < 1.29 is 18.0 Å². The fourth-order valence-electron chi connectivity index (χ4n) is 3.53. The van der Waals surface area contributed by atoms with E-state index in [1.165, 1.54) is 0 Å². The Bertz CT molecular complexity index is 1070. The highest BCUT2D eigenvalue weighted by molar-refractivity contribution is 5.94. The van der Waals surface area contributed by atoms with Crippen molar-refractivity contribution in [2.24, 2.45) is 0 Å². The number of benzene rings is 1. The zero-order chi connectivity index (χ0) is 28.6. The van der Waals surface area contributed by atoms with E-state index in [0.29, 0.717) is 11.3 Å². The molecule has 0 aliphatic heterocycles. The number of hydrogen-bond donors (Lipinski definition) is 3.